The Hall–Kier alpha value is -1.36. The maximum Gasteiger partial charge on any atom is 0.218 e. The summed E-state index contributed by atoms with van der Waals surface area (Å²) in [6.07, 6.45) is 2.35. The molecule has 5 heteroatoms. The molecule has 1 unspecified atom stereocenters. The lowest BCUT2D eigenvalue weighted by Crippen LogP contribution is -2.17. The third-order valence-corrected chi connectivity index (χ3v) is 2.70. The fraction of sp³-hybridized carbons (Fsp3) is 0.667. The number of nitrogens with two attached hydrogens (primary N) is 1. The van der Waals surface area contributed by atoms with Crippen LogP contribution in [0.1, 0.15) is 38.4 Å². The van der Waals surface area contributed by atoms with Crippen molar-refractivity contribution in [2.45, 2.75) is 38.7 Å². The van der Waals surface area contributed by atoms with Crippen LogP contribution in [0.15, 0.2) is 6.07 Å². The van der Waals surface area contributed by atoms with Gasteiger partial charge in [-0.05, 0) is 12.8 Å². The molecule has 0 amide bonds. The number of hydrogen-bond acceptors (Lipinski definition) is 5. The maximum absolute atomic E-state index is 5.72. The number of anilines is 1. The quantitative estimate of drug-likeness (QED) is 0.863. The van der Waals surface area contributed by atoms with Crippen molar-refractivity contribution in [3.05, 3.63) is 11.9 Å². The highest BCUT2D eigenvalue weighted by Gasteiger charge is 2.16. The molecule has 1 aliphatic rings. The Morgan fingerprint density at radius 3 is 3.00 bits per heavy atom. The SMILES string of the molecule is CC(C)c1nc(N)cc(OCC2CCCO2)n1. The van der Waals surface area contributed by atoms with Gasteiger partial charge >= 0.3 is 0 Å². The third-order valence-electron chi connectivity index (χ3n) is 2.70. The van der Waals surface area contributed by atoms with Gasteiger partial charge in [0.1, 0.15) is 18.2 Å². The Morgan fingerprint density at radius 1 is 1.53 bits per heavy atom. The van der Waals surface area contributed by atoms with Crippen molar-refractivity contribution in [1.82, 2.24) is 9.97 Å². The Kier molecular flexibility index (Phi) is 3.78. The van der Waals surface area contributed by atoms with Gasteiger partial charge in [0.25, 0.3) is 0 Å². The Balaban J connectivity index is 1.99. The maximum atomic E-state index is 5.72. The lowest BCUT2D eigenvalue weighted by molar-refractivity contribution is 0.0662. The minimum Gasteiger partial charge on any atom is -0.475 e. The summed E-state index contributed by atoms with van der Waals surface area (Å²) in [5.41, 5.74) is 5.72. The highest BCUT2D eigenvalue weighted by molar-refractivity contribution is 5.33. The van der Waals surface area contributed by atoms with E-state index in [1.165, 1.54) is 0 Å². The van der Waals surface area contributed by atoms with Crippen LogP contribution in [-0.2, 0) is 4.74 Å². The molecule has 2 rings (SSSR count). The molecule has 1 aliphatic heterocycles. The van der Waals surface area contributed by atoms with Crippen molar-refractivity contribution < 1.29 is 9.47 Å². The Bertz CT molecular complexity index is 376. The fourth-order valence-corrected chi connectivity index (χ4v) is 1.75. The number of nitrogen functional groups attached to an aromatic ring is 1. The van der Waals surface area contributed by atoms with Crippen LogP contribution in [0.25, 0.3) is 0 Å². The number of ether oxygens (including phenoxy) is 2. The van der Waals surface area contributed by atoms with E-state index in [4.69, 9.17) is 15.2 Å². The molecule has 1 fully saturated rings. The van der Waals surface area contributed by atoms with Gasteiger partial charge in [-0.3, -0.25) is 0 Å². The van der Waals surface area contributed by atoms with Gasteiger partial charge in [-0.1, -0.05) is 13.8 Å². The first-order chi connectivity index (χ1) is 8.15. The molecule has 94 valence electrons. The van der Waals surface area contributed by atoms with Crippen LogP contribution in [0.4, 0.5) is 5.82 Å². The molecule has 1 aromatic rings. The second-order valence-electron chi connectivity index (χ2n) is 4.59. The summed E-state index contributed by atoms with van der Waals surface area (Å²) in [5.74, 6) is 1.94. The molecule has 1 saturated heterocycles. The van der Waals surface area contributed by atoms with Crippen molar-refractivity contribution in [3.8, 4) is 5.88 Å². The summed E-state index contributed by atoms with van der Waals surface area (Å²) in [6, 6.07) is 1.65. The van der Waals surface area contributed by atoms with E-state index in [1.54, 1.807) is 6.07 Å². The van der Waals surface area contributed by atoms with Crippen molar-refractivity contribution in [3.63, 3.8) is 0 Å². The van der Waals surface area contributed by atoms with E-state index in [1.807, 2.05) is 13.8 Å². The van der Waals surface area contributed by atoms with E-state index < -0.39 is 0 Å². The van der Waals surface area contributed by atoms with Crippen molar-refractivity contribution in [2.75, 3.05) is 18.9 Å². The van der Waals surface area contributed by atoms with E-state index >= 15 is 0 Å². The fourth-order valence-electron chi connectivity index (χ4n) is 1.75. The van der Waals surface area contributed by atoms with Crippen molar-refractivity contribution in [2.24, 2.45) is 0 Å². The molecule has 1 atom stereocenters. The van der Waals surface area contributed by atoms with Crippen molar-refractivity contribution >= 4 is 5.82 Å². The number of hydrogen-bond donors (Lipinski definition) is 1. The molecule has 0 aliphatic carbocycles. The standard InChI is InChI=1S/C12H19N3O2/c1-8(2)12-14-10(13)6-11(15-12)17-7-9-4-3-5-16-9/h6,8-9H,3-5,7H2,1-2H3,(H2,13,14,15). The molecule has 2 heterocycles. The predicted molar refractivity (Wildman–Crippen MR) is 65.0 cm³/mol. The highest BCUT2D eigenvalue weighted by Crippen LogP contribution is 2.18. The summed E-state index contributed by atoms with van der Waals surface area (Å²) >= 11 is 0. The summed E-state index contributed by atoms with van der Waals surface area (Å²) in [4.78, 5) is 8.49. The van der Waals surface area contributed by atoms with Gasteiger partial charge in [-0.2, -0.15) is 4.98 Å². The topological polar surface area (TPSA) is 70.3 Å². The second-order valence-corrected chi connectivity index (χ2v) is 4.59. The van der Waals surface area contributed by atoms with E-state index in [-0.39, 0.29) is 12.0 Å². The van der Waals surface area contributed by atoms with Gasteiger partial charge in [0.15, 0.2) is 0 Å². The van der Waals surface area contributed by atoms with Crippen LogP contribution < -0.4 is 10.5 Å². The normalized spacial score (nSPS) is 19.8. The lowest BCUT2D eigenvalue weighted by Gasteiger charge is -2.12. The lowest BCUT2D eigenvalue weighted by atomic mass is 10.2. The first-order valence-electron chi connectivity index (χ1n) is 6.04. The molecular weight excluding hydrogens is 218 g/mol. The molecule has 0 saturated carbocycles. The average molecular weight is 237 g/mol. The van der Waals surface area contributed by atoms with Gasteiger partial charge < -0.3 is 15.2 Å². The van der Waals surface area contributed by atoms with Gasteiger partial charge in [0.2, 0.25) is 5.88 Å². The van der Waals surface area contributed by atoms with Crippen LogP contribution in [-0.4, -0.2) is 29.3 Å². The minimum absolute atomic E-state index is 0.189. The first kappa shape index (κ1) is 12.1. The number of rotatable bonds is 4. The molecular formula is C12H19N3O2. The van der Waals surface area contributed by atoms with E-state index in [0.29, 0.717) is 24.1 Å². The first-order valence-corrected chi connectivity index (χ1v) is 6.04. The minimum atomic E-state index is 0.189. The van der Waals surface area contributed by atoms with Crippen LogP contribution in [0.3, 0.4) is 0 Å². The largest absolute Gasteiger partial charge is 0.475 e. The molecule has 5 nitrogen and oxygen atoms in total. The Morgan fingerprint density at radius 2 is 2.35 bits per heavy atom. The molecule has 0 radical (unpaired) electrons. The zero-order valence-corrected chi connectivity index (χ0v) is 10.3. The number of nitrogens with zero attached hydrogens (tertiary/aromatic N) is 2. The van der Waals surface area contributed by atoms with Crippen LogP contribution in [0.5, 0.6) is 5.88 Å². The van der Waals surface area contributed by atoms with Gasteiger partial charge in [-0.15, -0.1) is 0 Å². The molecule has 0 spiro atoms. The van der Waals surface area contributed by atoms with Gasteiger partial charge in [-0.25, -0.2) is 4.98 Å². The predicted octanol–water partition coefficient (Wildman–Crippen LogP) is 1.74. The smallest absolute Gasteiger partial charge is 0.218 e. The van der Waals surface area contributed by atoms with E-state index in [9.17, 15) is 0 Å². The molecule has 17 heavy (non-hydrogen) atoms. The molecule has 1 aromatic heterocycles. The second kappa shape index (κ2) is 5.31. The van der Waals surface area contributed by atoms with Gasteiger partial charge in [0, 0.05) is 18.6 Å². The van der Waals surface area contributed by atoms with Gasteiger partial charge in [0.05, 0.1) is 6.10 Å². The van der Waals surface area contributed by atoms with Crippen LogP contribution >= 0.6 is 0 Å². The van der Waals surface area contributed by atoms with Crippen LogP contribution in [0.2, 0.25) is 0 Å². The summed E-state index contributed by atoms with van der Waals surface area (Å²) in [7, 11) is 0. The summed E-state index contributed by atoms with van der Waals surface area (Å²) in [5, 5.41) is 0. The number of aromatic nitrogens is 2. The van der Waals surface area contributed by atoms with Crippen molar-refractivity contribution in [1.29, 1.82) is 0 Å². The van der Waals surface area contributed by atoms with E-state index in [0.717, 1.165) is 19.4 Å². The summed E-state index contributed by atoms with van der Waals surface area (Å²) in [6.45, 7) is 5.42. The molecule has 0 aromatic carbocycles. The monoisotopic (exact) mass is 237 g/mol. The van der Waals surface area contributed by atoms with Crippen LogP contribution in [0, 0.1) is 0 Å². The zero-order chi connectivity index (χ0) is 12.3. The third kappa shape index (κ3) is 3.30. The Labute approximate surface area is 101 Å². The highest BCUT2D eigenvalue weighted by atomic mass is 16.5. The van der Waals surface area contributed by atoms with E-state index in [2.05, 4.69) is 9.97 Å². The molecule has 0 bridgehead atoms. The zero-order valence-electron chi connectivity index (χ0n) is 10.3. The molecule has 2 N–H and O–H groups in total. The summed E-state index contributed by atoms with van der Waals surface area (Å²) < 4.78 is 11.1. The average Bonchev–Trinajstić information content (AvgIpc) is 2.78.